The van der Waals surface area contributed by atoms with Crippen LogP contribution in [0.25, 0.3) is 0 Å². The third kappa shape index (κ3) is 2.83. The predicted octanol–water partition coefficient (Wildman–Crippen LogP) is 3.80. The molecule has 0 aliphatic rings. The van der Waals surface area contributed by atoms with E-state index >= 15 is 0 Å². The van der Waals surface area contributed by atoms with Crippen LogP contribution in [0.15, 0.2) is 24.3 Å². The number of rotatable bonds is 6. The lowest BCUT2D eigenvalue weighted by molar-refractivity contribution is 0.407. The highest BCUT2D eigenvalue weighted by molar-refractivity contribution is 6.17. The Hall–Kier alpha value is -1.48. The van der Waals surface area contributed by atoms with Crippen molar-refractivity contribution in [2.75, 3.05) is 7.11 Å². The zero-order valence-corrected chi connectivity index (χ0v) is 13.1. The summed E-state index contributed by atoms with van der Waals surface area (Å²) >= 11 is 6.09. The third-order valence-electron chi connectivity index (χ3n) is 3.57. The second kappa shape index (κ2) is 6.80. The van der Waals surface area contributed by atoms with Gasteiger partial charge in [-0.3, -0.25) is 4.68 Å². The quantitative estimate of drug-likeness (QED) is 0.757. The average molecular weight is 293 g/mol. The van der Waals surface area contributed by atoms with E-state index in [0.29, 0.717) is 5.88 Å². The minimum Gasteiger partial charge on any atom is -0.496 e. The molecule has 1 heterocycles. The first-order chi connectivity index (χ1) is 9.74. The number of ether oxygens (including phenoxy) is 1. The summed E-state index contributed by atoms with van der Waals surface area (Å²) in [4.78, 5) is 0. The number of halogens is 1. The number of benzene rings is 1. The molecule has 3 nitrogen and oxygen atoms in total. The van der Waals surface area contributed by atoms with Gasteiger partial charge in [0.15, 0.2) is 0 Å². The molecule has 0 bridgehead atoms. The van der Waals surface area contributed by atoms with Gasteiger partial charge < -0.3 is 4.74 Å². The molecule has 0 saturated heterocycles. The molecule has 0 radical (unpaired) electrons. The van der Waals surface area contributed by atoms with Gasteiger partial charge in [-0.05, 0) is 18.9 Å². The Morgan fingerprint density at radius 3 is 2.55 bits per heavy atom. The van der Waals surface area contributed by atoms with Gasteiger partial charge in [-0.1, -0.05) is 32.0 Å². The summed E-state index contributed by atoms with van der Waals surface area (Å²) in [5, 5.41) is 4.72. The number of aryl methyl sites for hydroxylation is 1. The summed E-state index contributed by atoms with van der Waals surface area (Å²) < 4.78 is 7.48. The first-order valence-corrected chi connectivity index (χ1v) is 7.53. The summed E-state index contributed by atoms with van der Waals surface area (Å²) in [7, 11) is 1.70. The molecule has 108 valence electrons. The molecule has 0 saturated carbocycles. The van der Waals surface area contributed by atoms with Crippen LogP contribution in [0.1, 0.15) is 36.4 Å². The molecule has 2 rings (SSSR count). The van der Waals surface area contributed by atoms with Crippen molar-refractivity contribution < 1.29 is 4.74 Å². The lowest BCUT2D eigenvalue weighted by Crippen LogP contribution is -2.07. The zero-order chi connectivity index (χ0) is 14.5. The van der Waals surface area contributed by atoms with Gasteiger partial charge in [0, 0.05) is 16.8 Å². The fourth-order valence-electron chi connectivity index (χ4n) is 2.55. The second-order valence-electron chi connectivity index (χ2n) is 4.68. The van der Waals surface area contributed by atoms with E-state index in [1.165, 1.54) is 11.3 Å². The summed E-state index contributed by atoms with van der Waals surface area (Å²) in [6.07, 6.45) is 1.85. The van der Waals surface area contributed by atoms with Crippen molar-refractivity contribution in [1.82, 2.24) is 9.78 Å². The van der Waals surface area contributed by atoms with Gasteiger partial charge in [0.05, 0.1) is 25.2 Å². The number of alkyl halides is 1. The number of hydrogen-bond donors (Lipinski definition) is 0. The Morgan fingerprint density at radius 1 is 1.20 bits per heavy atom. The van der Waals surface area contributed by atoms with Crippen molar-refractivity contribution in [2.24, 2.45) is 0 Å². The topological polar surface area (TPSA) is 27.1 Å². The predicted molar refractivity (Wildman–Crippen MR) is 82.6 cm³/mol. The highest BCUT2D eigenvalue weighted by Crippen LogP contribution is 2.23. The highest BCUT2D eigenvalue weighted by atomic mass is 35.5. The Bertz CT molecular complexity index is 578. The van der Waals surface area contributed by atoms with E-state index in [9.17, 15) is 0 Å². The van der Waals surface area contributed by atoms with Crippen molar-refractivity contribution in [3.8, 4) is 5.75 Å². The van der Waals surface area contributed by atoms with Crippen molar-refractivity contribution in [1.29, 1.82) is 0 Å². The first kappa shape index (κ1) is 14.9. The van der Waals surface area contributed by atoms with Crippen LogP contribution >= 0.6 is 11.6 Å². The molecule has 1 aromatic heterocycles. The fraction of sp³-hybridized carbons (Fsp3) is 0.438. The second-order valence-corrected chi connectivity index (χ2v) is 4.95. The van der Waals surface area contributed by atoms with Crippen molar-refractivity contribution in [2.45, 2.75) is 39.1 Å². The SMILES string of the molecule is CCc1nn(Cc2ccccc2OC)c(CC)c1CCl. The average Bonchev–Trinajstić information content (AvgIpc) is 2.84. The summed E-state index contributed by atoms with van der Waals surface area (Å²) in [5.74, 6) is 1.42. The van der Waals surface area contributed by atoms with E-state index in [0.717, 1.165) is 36.4 Å². The largest absolute Gasteiger partial charge is 0.496 e. The number of aromatic nitrogens is 2. The Morgan fingerprint density at radius 2 is 1.95 bits per heavy atom. The van der Waals surface area contributed by atoms with Crippen LogP contribution in [0.5, 0.6) is 5.75 Å². The third-order valence-corrected chi connectivity index (χ3v) is 3.83. The van der Waals surface area contributed by atoms with Gasteiger partial charge in [-0.2, -0.15) is 5.10 Å². The molecule has 0 aliphatic carbocycles. The maximum atomic E-state index is 6.09. The smallest absolute Gasteiger partial charge is 0.123 e. The van der Waals surface area contributed by atoms with Crippen LogP contribution in [0.2, 0.25) is 0 Å². The van der Waals surface area contributed by atoms with Crippen molar-refractivity contribution in [3.05, 3.63) is 46.8 Å². The molecule has 0 amide bonds. The number of para-hydroxylation sites is 1. The van der Waals surface area contributed by atoms with Gasteiger partial charge >= 0.3 is 0 Å². The van der Waals surface area contributed by atoms with Gasteiger partial charge in [0.2, 0.25) is 0 Å². The fourth-order valence-corrected chi connectivity index (χ4v) is 2.86. The summed E-state index contributed by atoms with van der Waals surface area (Å²) in [5.41, 5.74) is 4.65. The van der Waals surface area contributed by atoms with E-state index in [-0.39, 0.29) is 0 Å². The molecular formula is C16H21ClN2O. The Kier molecular flexibility index (Phi) is 5.07. The minimum absolute atomic E-state index is 0.526. The molecule has 2 aromatic rings. The first-order valence-electron chi connectivity index (χ1n) is 7.00. The number of methoxy groups -OCH3 is 1. The Labute approximate surface area is 125 Å². The molecule has 0 N–H and O–H groups in total. The maximum absolute atomic E-state index is 6.09. The highest BCUT2D eigenvalue weighted by Gasteiger charge is 2.15. The molecule has 20 heavy (non-hydrogen) atoms. The normalized spacial score (nSPS) is 10.8. The lowest BCUT2D eigenvalue weighted by atomic mass is 10.1. The molecular weight excluding hydrogens is 272 g/mol. The molecule has 4 heteroatoms. The van der Waals surface area contributed by atoms with Crippen LogP contribution in [0, 0.1) is 0 Å². The summed E-state index contributed by atoms with van der Waals surface area (Å²) in [6.45, 7) is 4.98. The van der Waals surface area contributed by atoms with Gasteiger partial charge in [-0.15, -0.1) is 11.6 Å². The van der Waals surface area contributed by atoms with Crippen LogP contribution in [-0.4, -0.2) is 16.9 Å². The van der Waals surface area contributed by atoms with Crippen LogP contribution in [0.4, 0.5) is 0 Å². The van der Waals surface area contributed by atoms with Crippen LogP contribution in [-0.2, 0) is 25.3 Å². The van der Waals surface area contributed by atoms with Gasteiger partial charge in [0.25, 0.3) is 0 Å². The van der Waals surface area contributed by atoms with Crippen molar-refractivity contribution >= 4 is 11.6 Å². The summed E-state index contributed by atoms with van der Waals surface area (Å²) in [6, 6.07) is 8.06. The van der Waals surface area contributed by atoms with Gasteiger partial charge in [-0.25, -0.2) is 0 Å². The van der Waals surface area contributed by atoms with E-state index < -0.39 is 0 Å². The molecule has 0 aliphatic heterocycles. The molecule has 0 atom stereocenters. The lowest BCUT2D eigenvalue weighted by Gasteiger charge is -2.10. The molecule has 0 unspecified atom stereocenters. The zero-order valence-electron chi connectivity index (χ0n) is 12.3. The number of hydrogen-bond acceptors (Lipinski definition) is 2. The Balaban J connectivity index is 2.40. The van der Waals surface area contributed by atoms with Gasteiger partial charge in [0.1, 0.15) is 5.75 Å². The van der Waals surface area contributed by atoms with E-state index in [1.54, 1.807) is 7.11 Å². The van der Waals surface area contributed by atoms with E-state index in [1.807, 2.05) is 18.2 Å². The van der Waals surface area contributed by atoms with Crippen LogP contribution < -0.4 is 4.74 Å². The van der Waals surface area contributed by atoms with E-state index in [4.69, 9.17) is 21.4 Å². The maximum Gasteiger partial charge on any atom is 0.123 e. The monoisotopic (exact) mass is 292 g/mol. The van der Waals surface area contributed by atoms with Crippen molar-refractivity contribution in [3.63, 3.8) is 0 Å². The molecule has 0 fully saturated rings. The van der Waals surface area contributed by atoms with E-state index in [2.05, 4.69) is 24.6 Å². The molecule has 0 spiro atoms. The molecule has 1 aromatic carbocycles. The standard InChI is InChI=1S/C16H21ClN2O/c1-4-14-13(10-17)15(5-2)19(18-14)11-12-8-6-7-9-16(12)20-3/h6-9H,4-5,10-11H2,1-3H3. The number of nitrogens with zero attached hydrogens (tertiary/aromatic N) is 2. The minimum atomic E-state index is 0.526. The van der Waals surface area contributed by atoms with Crippen LogP contribution in [0.3, 0.4) is 0 Å².